The van der Waals surface area contributed by atoms with Crippen molar-refractivity contribution in [3.63, 3.8) is 0 Å². The summed E-state index contributed by atoms with van der Waals surface area (Å²) in [5.41, 5.74) is 0. The average molecular weight is 332 g/mol. The third-order valence-corrected chi connectivity index (χ3v) is 6.34. The molecule has 1 aliphatic carbocycles. The molecule has 2 N–H and O–H groups in total. The molecule has 1 saturated carbocycles. The van der Waals surface area contributed by atoms with Crippen molar-refractivity contribution in [2.24, 2.45) is 0 Å². The fourth-order valence-electron chi connectivity index (χ4n) is 2.56. The maximum atomic E-state index is 12.4. The van der Waals surface area contributed by atoms with E-state index in [-0.39, 0.29) is 6.04 Å². The van der Waals surface area contributed by atoms with Gasteiger partial charge in [-0.1, -0.05) is 25.3 Å². The van der Waals surface area contributed by atoms with Gasteiger partial charge in [0.25, 0.3) is 10.2 Å². The molecule has 1 aromatic rings. The first kappa shape index (κ1) is 16.4. The largest absolute Gasteiger partial charge is 0.480 e. The Hall–Kier alpha value is -0.960. The molecule has 0 spiro atoms. The van der Waals surface area contributed by atoms with Gasteiger partial charge in [-0.05, 0) is 24.3 Å². The van der Waals surface area contributed by atoms with Crippen LogP contribution in [0.2, 0.25) is 0 Å². The van der Waals surface area contributed by atoms with Crippen LogP contribution in [0.15, 0.2) is 17.5 Å². The molecule has 0 aromatic carbocycles. The molecule has 0 amide bonds. The predicted octanol–water partition coefficient (Wildman–Crippen LogP) is 1.97. The third kappa shape index (κ3) is 4.03. The van der Waals surface area contributed by atoms with Gasteiger partial charge in [0.15, 0.2) is 6.04 Å². The van der Waals surface area contributed by atoms with E-state index < -0.39 is 22.2 Å². The molecule has 21 heavy (non-hydrogen) atoms. The molecule has 0 bridgehead atoms. The van der Waals surface area contributed by atoms with Gasteiger partial charge in [-0.25, -0.2) is 0 Å². The fraction of sp³-hybridized carbons (Fsp3) is 0.615. The van der Waals surface area contributed by atoms with Crippen molar-refractivity contribution < 1.29 is 18.3 Å². The van der Waals surface area contributed by atoms with Crippen LogP contribution >= 0.6 is 11.3 Å². The van der Waals surface area contributed by atoms with Gasteiger partial charge in [0, 0.05) is 18.0 Å². The fourth-order valence-corrected chi connectivity index (χ4v) is 4.70. The summed E-state index contributed by atoms with van der Waals surface area (Å²) in [5, 5.41) is 11.0. The van der Waals surface area contributed by atoms with Crippen molar-refractivity contribution in [1.82, 2.24) is 9.03 Å². The van der Waals surface area contributed by atoms with Crippen LogP contribution in [0.5, 0.6) is 0 Å². The zero-order valence-corrected chi connectivity index (χ0v) is 13.5. The molecule has 1 aliphatic rings. The zero-order valence-electron chi connectivity index (χ0n) is 11.9. The molecule has 0 saturated heterocycles. The molecule has 118 valence electrons. The number of thiophene rings is 1. The summed E-state index contributed by atoms with van der Waals surface area (Å²) in [5.74, 6) is -1.20. The number of carboxylic acids is 1. The van der Waals surface area contributed by atoms with Gasteiger partial charge in [-0.2, -0.15) is 17.4 Å². The summed E-state index contributed by atoms with van der Waals surface area (Å²) < 4.78 is 28.4. The first-order chi connectivity index (χ1) is 9.92. The van der Waals surface area contributed by atoms with E-state index in [4.69, 9.17) is 0 Å². The molecule has 8 heteroatoms. The number of aliphatic carboxylic acids is 1. The quantitative estimate of drug-likeness (QED) is 0.834. The van der Waals surface area contributed by atoms with E-state index in [0.29, 0.717) is 4.88 Å². The number of carbonyl (C=O) groups is 1. The van der Waals surface area contributed by atoms with Crippen molar-refractivity contribution in [2.75, 3.05) is 7.05 Å². The lowest BCUT2D eigenvalue weighted by Gasteiger charge is -2.31. The predicted molar refractivity (Wildman–Crippen MR) is 81.4 cm³/mol. The molecule has 0 radical (unpaired) electrons. The molecule has 0 aliphatic heterocycles. The van der Waals surface area contributed by atoms with Gasteiger partial charge < -0.3 is 5.11 Å². The van der Waals surface area contributed by atoms with Gasteiger partial charge in [-0.15, -0.1) is 11.3 Å². The van der Waals surface area contributed by atoms with Crippen LogP contribution in [-0.4, -0.2) is 36.9 Å². The number of carboxylic acid groups (broad SMARTS) is 1. The molecule has 2 rings (SSSR count). The second-order valence-corrected chi connectivity index (χ2v) is 7.96. The highest BCUT2D eigenvalue weighted by atomic mass is 32.2. The summed E-state index contributed by atoms with van der Waals surface area (Å²) >= 11 is 1.22. The van der Waals surface area contributed by atoms with E-state index in [1.165, 1.54) is 22.7 Å². The van der Waals surface area contributed by atoms with Crippen LogP contribution in [0.25, 0.3) is 0 Å². The van der Waals surface area contributed by atoms with Gasteiger partial charge in [0.1, 0.15) is 0 Å². The monoisotopic (exact) mass is 332 g/mol. The van der Waals surface area contributed by atoms with Crippen LogP contribution in [-0.2, 0) is 15.0 Å². The zero-order chi connectivity index (χ0) is 15.5. The number of rotatable bonds is 6. The minimum absolute atomic E-state index is 0.0472. The number of nitrogens with one attached hydrogen (secondary N) is 1. The van der Waals surface area contributed by atoms with Gasteiger partial charge in [0.2, 0.25) is 0 Å². The Kier molecular flexibility index (Phi) is 5.37. The molecular weight excluding hydrogens is 312 g/mol. The highest BCUT2D eigenvalue weighted by Crippen LogP contribution is 2.25. The smallest absolute Gasteiger partial charge is 0.327 e. The maximum Gasteiger partial charge on any atom is 0.327 e. The van der Waals surface area contributed by atoms with Crippen molar-refractivity contribution in [3.8, 4) is 0 Å². The summed E-state index contributed by atoms with van der Waals surface area (Å²) in [6, 6.07) is 2.04. The van der Waals surface area contributed by atoms with Gasteiger partial charge in [-0.3, -0.25) is 4.79 Å². The number of hydrogen-bond acceptors (Lipinski definition) is 4. The minimum atomic E-state index is -3.82. The normalized spacial score (nSPS) is 18.8. The number of nitrogens with zero attached hydrogens (tertiary/aromatic N) is 1. The topological polar surface area (TPSA) is 86.7 Å². The van der Waals surface area contributed by atoms with Crippen LogP contribution in [0.4, 0.5) is 0 Å². The van der Waals surface area contributed by atoms with Crippen LogP contribution in [0.1, 0.15) is 43.0 Å². The summed E-state index contributed by atoms with van der Waals surface area (Å²) in [4.78, 5) is 11.8. The van der Waals surface area contributed by atoms with Crippen molar-refractivity contribution in [1.29, 1.82) is 0 Å². The summed E-state index contributed by atoms with van der Waals surface area (Å²) in [6.07, 6.45) is 4.81. The van der Waals surface area contributed by atoms with E-state index in [0.717, 1.165) is 32.1 Å². The van der Waals surface area contributed by atoms with Crippen LogP contribution in [0, 0.1) is 0 Å². The summed E-state index contributed by atoms with van der Waals surface area (Å²) in [6.45, 7) is 0. The van der Waals surface area contributed by atoms with Gasteiger partial charge >= 0.3 is 5.97 Å². The lowest BCUT2D eigenvalue weighted by atomic mass is 9.96. The Labute approximate surface area is 129 Å². The molecule has 1 atom stereocenters. The van der Waals surface area contributed by atoms with Crippen LogP contribution in [0.3, 0.4) is 0 Å². The Balaban J connectivity index is 2.12. The van der Waals surface area contributed by atoms with Crippen molar-refractivity contribution in [2.45, 2.75) is 44.2 Å². The number of hydrogen-bond donors (Lipinski definition) is 2. The molecule has 1 fully saturated rings. The molecule has 6 nitrogen and oxygen atoms in total. The molecular formula is C13H20N2O4S2. The standard InChI is InChI=1S/C13H20N2O4S2/c1-15(10-6-3-2-4-7-10)21(18,19)14-12(13(16)17)11-8-5-9-20-11/h5,8-10,12,14H,2-4,6-7H2,1H3,(H,16,17). The first-order valence-electron chi connectivity index (χ1n) is 6.93. The Morgan fingerprint density at radius 1 is 1.43 bits per heavy atom. The van der Waals surface area contributed by atoms with Gasteiger partial charge in [0.05, 0.1) is 0 Å². The SMILES string of the molecule is CN(C1CCCCC1)S(=O)(=O)NC(C(=O)O)c1cccs1. The lowest BCUT2D eigenvalue weighted by molar-refractivity contribution is -0.139. The highest BCUT2D eigenvalue weighted by Gasteiger charge is 2.32. The van der Waals surface area contributed by atoms with Crippen LogP contribution < -0.4 is 4.72 Å². The first-order valence-corrected chi connectivity index (χ1v) is 9.25. The second kappa shape index (κ2) is 6.87. The van der Waals surface area contributed by atoms with E-state index in [9.17, 15) is 18.3 Å². The van der Waals surface area contributed by atoms with E-state index >= 15 is 0 Å². The summed E-state index contributed by atoms with van der Waals surface area (Å²) in [7, 11) is -2.30. The Bertz CT molecular complexity index is 565. The minimum Gasteiger partial charge on any atom is -0.480 e. The van der Waals surface area contributed by atoms with Crippen molar-refractivity contribution >= 4 is 27.5 Å². The maximum absolute atomic E-state index is 12.4. The third-order valence-electron chi connectivity index (χ3n) is 3.81. The highest BCUT2D eigenvalue weighted by molar-refractivity contribution is 7.87. The van der Waals surface area contributed by atoms with E-state index in [1.807, 2.05) is 0 Å². The molecule has 1 unspecified atom stereocenters. The molecule has 1 aromatic heterocycles. The van der Waals surface area contributed by atoms with Crippen molar-refractivity contribution in [3.05, 3.63) is 22.4 Å². The van der Waals surface area contributed by atoms with E-state index in [2.05, 4.69) is 4.72 Å². The van der Waals surface area contributed by atoms with E-state index in [1.54, 1.807) is 17.5 Å². The second-order valence-electron chi connectivity index (χ2n) is 5.22. The molecule has 1 heterocycles. The Morgan fingerprint density at radius 3 is 2.62 bits per heavy atom. The Morgan fingerprint density at radius 2 is 2.10 bits per heavy atom. The lowest BCUT2D eigenvalue weighted by Crippen LogP contribution is -2.47. The average Bonchev–Trinajstić information content (AvgIpc) is 2.98.